The molecule has 3 N–H and O–H groups in total. The van der Waals surface area contributed by atoms with Crippen molar-refractivity contribution >= 4 is 5.91 Å². The summed E-state index contributed by atoms with van der Waals surface area (Å²) in [6.45, 7) is 8.31. The lowest BCUT2D eigenvalue weighted by Gasteiger charge is -2.40. The first-order valence-electron chi connectivity index (χ1n) is 6.85. The molecule has 0 aromatic carbocycles. The Hall–Kier alpha value is -0.610. The molecular weight excluding hydrogens is 214 g/mol. The van der Waals surface area contributed by atoms with E-state index in [4.69, 9.17) is 5.73 Å². The van der Waals surface area contributed by atoms with Gasteiger partial charge in [-0.2, -0.15) is 0 Å². The van der Waals surface area contributed by atoms with Gasteiger partial charge in [-0.15, -0.1) is 0 Å². The molecule has 0 bridgehead atoms. The standard InChI is InChI=1S/C13H27N3O/c1-3-13(4-2)5-9-16(10-6-13)11-12(17)15-8-7-14/h3-11,14H2,1-2H3,(H,15,17). The minimum Gasteiger partial charge on any atom is -0.354 e. The van der Waals surface area contributed by atoms with Gasteiger partial charge in [0.25, 0.3) is 0 Å². The maximum absolute atomic E-state index is 11.6. The Morgan fingerprint density at radius 3 is 2.35 bits per heavy atom. The SMILES string of the molecule is CCC1(CC)CCN(CC(=O)NCCN)CC1. The van der Waals surface area contributed by atoms with Gasteiger partial charge >= 0.3 is 0 Å². The van der Waals surface area contributed by atoms with Crippen LogP contribution < -0.4 is 11.1 Å². The largest absolute Gasteiger partial charge is 0.354 e. The molecule has 0 unspecified atom stereocenters. The predicted molar refractivity (Wildman–Crippen MR) is 70.8 cm³/mol. The van der Waals surface area contributed by atoms with Crippen LogP contribution in [0.15, 0.2) is 0 Å². The summed E-state index contributed by atoms with van der Waals surface area (Å²) in [5.74, 6) is 0.107. The van der Waals surface area contributed by atoms with E-state index in [2.05, 4.69) is 24.1 Å². The molecule has 100 valence electrons. The number of nitrogens with zero attached hydrogens (tertiary/aromatic N) is 1. The molecule has 0 aromatic rings. The van der Waals surface area contributed by atoms with E-state index in [0.717, 1.165) is 13.1 Å². The van der Waals surface area contributed by atoms with Crippen molar-refractivity contribution in [2.75, 3.05) is 32.7 Å². The molecule has 1 rings (SSSR count). The van der Waals surface area contributed by atoms with Crippen molar-refractivity contribution in [2.45, 2.75) is 39.5 Å². The molecule has 1 aliphatic heterocycles. The summed E-state index contributed by atoms with van der Waals surface area (Å²) in [7, 11) is 0. The highest BCUT2D eigenvalue weighted by molar-refractivity contribution is 5.78. The minimum absolute atomic E-state index is 0.107. The molecule has 0 aromatic heterocycles. The summed E-state index contributed by atoms with van der Waals surface area (Å²) in [5, 5.41) is 2.82. The predicted octanol–water partition coefficient (Wildman–Crippen LogP) is 0.964. The van der Waals surface area contributed by atoms with Crippen molar-refractivity contribution < 1.29 is 4.79 Å². The summed E-state index contributed by atoms with van der Waals surface area (Å²) in [5.41, 5.74) is 5.89. The summed E-state index contributed by atoms with van der Waals surface area (Å²) in [4.78, 5) is 13.8. The summed E-state index contributed by atoms with van der Waals surface area (Å²) in [6.07, 6.45) is 4.97. The third kappa shape index (κ3) is 4.28. The average Bonchev–Trinajstić information content (AvgIpc) is 2.38. The van der Waals surface area contributed by atoms with Crippen molar-refractivity contribution in [2.24, 2.45) is 11.1 Å². The molecule has 0 atom stereocenters. The van der Waals surface area contributed by atoms with Crippen LogP contribution in [0.25, 0.3) is 0 Å². The number of hydrogen-bond acceptors (Lipinski definition) is 3. The van der Waals surface area contributed by atoms with Gasteiger partial charge in [0.05, 0.1) is 6.54 Å². The molecule has 1 saturated heterocycles. The van der Waals surface area contributed by atoms with Crippen LogP contribution in [-0.4, -0.2) is 43.5 Å². The number of amides is 1. The highest BCUT2D eigenvalue weighted by Crippen LogP contribution is 2.37. The smallest absolute Gasteiger partial charge is 0.234 e. The number of rotatable bonds is 6. The molecule has 1 amide bonds. The Morgan fingerprint density at radius 1 is 1.29 bits per heavy atom. The third-order valence-corrected chi connectivity index (χ3v) is 4.25. The second-order valence-corrected chi connectivity index (χ2v) is 5.12. The molecular formula is C13H27N3O. The highest BCUT2D eigenvalue weighted by atomic mass is 16.2. The van der Waals surface area contributed by atoms with E-state index in [0.29, 0.717) is 25.0 Å². The molecule has 0 spiro atoms. The van der Waals surface area contributed by atoms with Gasteiger partial charge in [-0.3, -0.25) is 9.69 Å². The van der Waals surface area contributed by atoms with Crippen LogP contribution in [0.5, 0.6) is 0 Å². The number of hydrogen-bond donors (Lipinski definition) is 2. The van der Waals surface area contributed by atoms with Crippen LogP contribution in [0.2, 0.25) is 0 Å². The van der Waals surface area contributed by atoms with Crippen molar-refractivity contribution in [3.8, 4) is 0 Å². The van der Waals surface area contributed by atoms with Gasteiger partial charge in [0.15, 0.2) is 0 Å². The zero-order chi connectivity index (χ0) is 12.7. The second kappa shape index (κ2) is 6.97. The molecule has 1 heterocycles. The number of nitrogens with one attached hydrogen (secondary N) is 1. The van der Waals surface area contributed by atoms with Crippen LogP contribution in [0.1, 0.15) is 39.5 Å². The van der Waals surface area contributed by atoms with E-state index < -0.39 is 0 Å². The molecule has 1 aliphatic rings. The molecule has 17 heavy (non-hydrogen) atoms. The maximum atomic E-state index is 11.6. The molecule has 0 saturated carbocycles. The molecule has 0 aliphatic carbocycles. The zero-order valence-electron chi connectivity index (χ0n) is 11.3. The first-order chi connectivity index (χ1) is 8.15. The summed E-state index contributed by atoms with van der Waals surface area (Å²) < 4.78 is 0. The zero-order valence-corrected chi connectivity index (χ0v) is 11.3. The Kier molecular flexibility index (Phi) is 5.92. The average molecular weight is 241 g/mol. The van der Waals surface area contributed by atoms with E-state index in [1.54, 1.807) is 0 Å². The maximum Gasteiger partial charge on any atom is 0.234 e. The van der Waals surface area contributed by atoms with Crippen LogP contribution in [0, 0.1) is 5.41 Å². The van der Waals surface area contributed by atoms with Gasteiger partial charge < -0.3 is 11.1 Å². The van der Waals surface area contributed by atoms with Gasteiger partial charge in [0.1, 0.15) is 0 Å². The van der Waals surface area contributed by atoms with Gasteiger partial charge in [0.2, 0.25) is 5.91 Å². The molecule has 0 radical (unpaired) electrons. The van der Waals surface area contributed by atoms with Crippen molar-refractivity contribution in [1.82, 2.24) is 10.2 Å². The molecule has 4 heteroatoms. The van der Waals surface area contributed by atoms with Crippen LogP contribution in [-0.2, 0) is 4.79 Å². The number of nitrogens with two attached hydrogens (primary N) is 1. The molecule has 4 nitrogen and oxygen atoms in total. The summed E-state index contributed by atoms with van der Waals surface area (Å²) in [6, 6.07) is 0. The number of carbonyl (C=O) groups excluding carboxylic acids is 1. The van der Waals surface area contributed by atoms with Gasteiger partial charge in [-0.25, -0.2) is 0 Å². The van der Waals surface area contributed by atoms with Gasteiger partial charge in [-0.1, -0.05) is 26.7 Å². The Balaban J connectivity index is 2.29. The number of piperidine rings is 1. The number of likely N-dealkylation sites (tertiary alicyclic amines) is 1. The second-order valence-electron chi connectivity index (χ2n) is 5.12. The van der Waals surface area contributed by atoms with Crippen LogP contribution in [0.3, 0.4) is 0 Å². The number of carbonyl (C=O) groups is 1. The van der Waals surface area contributed by atoms with Gasteiger partial charge in [-0.05, 0) is 31.3 Å². The van der Waals surface area contributed by atoms with E-state index >= 15 is 0 Å². The topological polar surface area (TPSA) is 58.4 Å². The van der Waals surface area contributed by atoms with Gasteiger partial charge in [0, 0.05) is 13.1 Å². The summed E-state index contributed by atoms with van der Waals surface area (Å²) >= 11 is 0. The van der Waals surface area contributed by atoms with Crippen LogP contribution >= 0.6 is 0 Å². The fourth-order valence-corrected chi connectivity index (χ4v) is 2.61. The fourth-order valence-electron chi connectivity index (χ4n) is 2.61. The van der Waals surface area contributed by atoms with Crippen molar-refractivity contribution in [3.63, 3.8) is 0 Å². The van der Waals surface area contributed by atoms with E-state index in [-0.39, 0.29) is 5.91 Å². The van der Waals surface area contributed by atoms with E-state index in [1.165, 1.54) is 25.7 Å². The normalized spacial score (nSPS) is 20.2. The third-order valence-electron chi connectivity index (χ3n) is 4.25. The highest BCUT2D eigenvalue weighted by Gasteiger charge is 2.31. The Labute approximate surface area is 105 Å². The molecule has 1 fully saturated rings. The Morgan fingerprint density at radius 2 is 1.88 bits per heavy atom. The van der Waals surface area contributed by atoms with E-state index in [1.807, 2.05) is 0 Å². The quantitative estimate of drug-likeness (QED) is 0.728. The lowest BCUT2D eigenvalue weighted by atomic mass is 9.74. The lowest BCUT2D eigenvalue weighted by molar-refractivity contribution is -0.122. The monoisotopic (exact) mass is 241 g/mol. The van der Waals surface area contributed by atoms with Crippen LogP contribution in [0.4, 0.5) is 0 Å². The lowest BCUT2D eigenvalue weighted by Crippen LogP contribution is -2.45. The first-order valence-corrected chi connectivity index (χ1v) is 6.85. The first kappa shape index (κ1) is 14.5. The fraction of sp³-hybridized carbons (Fsp3) is 0.923. The van der Waals surface area contributed by atoms with Crippen molar-refractivity contribution in [1.29, 1.82) is 0 Å². The van der Waals surface area contributed by atoms with E-state index in [9.17, 15) is 4.79 Å². The Bertz CT molecular complexity index is 229. The minimum atomic E-state index is 0.107. The van der Waals surface area contributed by atoms with Crippen molar-refractivity contribution in [3.05, 3.63) is 0 Å².